The Balaban J connectivity index is 2.42. The van der Waals surface area contributed by atoms with Gasteiger partial charge in [0.05, 0.1) is 0 Å². The fourth-order valence-corrected chi connectivity index (χ4v) is 1.90. The number of ether oxygens (including phenoxy) is 1. The van der Waals surface area contributed by atoms with Gasteiger partial charge >= 0.3 is 12.1 Å². The molecule has 0 aliphatic carbocycles. The van der Waals surface area contributed by atoms with Crippen LogP contribution in [0, 0.1) is 11.8 Å². The van der Waals surface area contributed by atoms with E-state index in [0.29, 0.717) is 0 Å². The van der Waals surface area contributed by atoms with Gasteiger partial charge in [0, 0.05) is 18.7 Å². The maximum atomic E-state index is 12.6. The molecule has 2 heterocycles. The normalized spacial score (nSPS) is 10.8. The molecule has 158 valence electrons. The van der Waals surface area contributed by atoms with E-state index < -0.39 is 42.4 Å². The van der Waals surface area contributed by atoms with Crippen LogP contribution < -0.4 is 15.4 Å². The molecule has 30 heavy (non-hydrogen) atoms. The molecule has 0 atom stereocenters. The third-order valence-corrected chi connectivity index (χ3v) is 3.04. The SMILES string of the molecule is CC(=O)Nc1cc(C#Cc2ncnc(OCC(F)F)c2NC(=O)C(F)(F)F)ccn1. The summed E-state index contributed by atoms with van der Waals surface area (Å²) in [4.78, 5) is 33.4. The highest BCUT2D eigenvalue weighted by Crippen LogP contribution is 2.27. The molecule has 8 nitrogen and oxygen atoms in total. The summed E-state index contributed by atoms with van der Waals surface area (Å²) in [6, 6.07) is 2.81. The minimum Gasteiger partial charge on any atom is -0.470 e. The van der Waals surface area contributed by atoms with Crippen LogP contribution in [0.5, 0.6) is 5.88 Å². The fourth-order valence-electron chi connectivity index (χ4n) is 1.90. The van der Waals surface area contributed by atoms with Crippen LogP contribution in [0.15, 0.2) is 24.7 Å². The Labute approximate surface area is 165 Å². The van der Waals surface area contributed by atoms with Crippen molar-refractivity contribution in [2.24, 2.45) is 0 Å². The van der Waals surface area contributed by atoms with E-state index in [9.17, 15) is 31.5 Å². The number of alkyl halides is 5. The average Bonchev–Trinajstić information content (AvgIpc) is 2.64. The first-order valence-electron chi connectivity index (χ1n) is 7.96. The smallest absolute Gasteiger partial charge is 0.470 e. The van der Waals surface area contributed by atoms with Gasteiger partial charge in [-0.3, -0.25) is 9.59 Å². The highest BCUT2D eigenvalue weighted by Gasteiger charge is 2.39. The van der Waals surface area contributed by atoms with Gasteiger partial charge in [-0.1, -0.05) is 5.92 Å². The number of pyridine rings is 1. The molecular weight excluding hydrogens is 417 g/mol. The molecular formula is C17H12F5N5O3. The molecule has 13 heteroatoms. The van der Waals surface area contributed by atoms with Gasteiger partial charge < -0.3 is 15.4 Å². The maximum Gasteiger partial charge on any atom is 0.471 e. The number of carbonyl (C=O) groups excluding carboxylic acids is 2. The molecule has 0 saturated carbocycles. The van der Waals surface area contributed by atoms with E-state index in [1.165, 1.54) is 30.6 Å². The number of halogens is 5. The molecule has 2 aromatic heterocycles. The van der Waals surface area contributed by atoms with Crippen molar-refractivity contribution < 1.29 is 36.3 Å². The van der Waals surface area contributed by atoms with Crippen molar-refractivity contribution in [3.05, 3.63) is 35.9 Å². The molecule has 0 unspecified atom stereocenters. The standard InChI is InChI=1S/C17H12F5N5O3/c1-9(28)26-13-6-10(4-5-23-13)2-3-11-14(27-16(29)17(20,21)22)15(25-8-24-11)30-7-12(18)19/h4-6,8,12H,7H2,1H3,(H,27,29)(H,23,26,28). The Bertz CT molecular complexity index is 1000. The number of aromatic nitrogens is 3. The minimum atomic E-state index is -5.26. The Morgan fingerprint density at radius 2 is 1.90 bits per heavy atom. The minimum absolute atomic E-state index is 0.170. The van der Waals surface area contributed by atoms with E-state index in [1.807, 2.05) is 0 Å². The van der Waals surface area contributed by atoms with Crippen molar-refractivity contribution >= 4 is 23.3 Å². The lowest BCUT2D eigenvalue weighted by atomic mass is 10.2. The average molecular weight is 429 g/mol. The molecule has 2 amide bonds. The zero-order chi connectivity index (χ0) is 22.3. The molecule has 0 saturated heterocycles. The van der Waals surface area contributed by atoms with Crippen LogP contribution in [0.2, 0.25) is 0 Å². The quantitative estimate of drug-likeness (QED) is 0.559. The molecule has 0 aromatic carbocycles. The van der Waals surface area contributed by atoms with Gasteiger partial charge in [-0.25, -0.2) is 18.7 Å². The van der Waals surface area contributed by atoms with Crippen LogP contribution in [-0.2, 0) is 9.59 Å². The van der Waals surface area contributed by atoms with Gasteiger partial charge in [0.15, 0.2) is 6.61 Å². The summed E-state index contributed by atoms with van der Waals surface area (Å²) >= 11 is 0. The number of nitrogens with one attached hydrogen (secondary N) is 2. The van der Waals surface area contributed by atoms with E-state index in [-0.39, 0.29) is 17.3 Å². The molecule has 2 rings (SSSR count). The van der Waals surface area contributed by atoms with Crippen molar-refractivity contribution in [2.75, 3.05) is 17.2 Å². The van der Waals surface area contributed by atoms with Gasteiger partial charge in [-0.15, -0.1) is 0 Å². The Kier molecular flexibility index (Phi) is 7.18. The molecule has 0 spiro atoms. The molecule has 0 bridgehead atoms. The van der Waals surface area contributed by atoms with Gasteiger partial charge in [0.1, 0.15) is 23.5 Å². The number of hydrogen-bond acceptors (Lipinski definition) is 6. The van der Waals surface area contributed by atoms with Crippen molar-refractivity contribution in [2.45, 2.75) is 19.5 Å². The molecule has 0 aliphatic heterocycles. The lowest BCUT2D eigenvalue weighted by molar-refractivity contribution is -0.167. The summed E-state index contributed by atoms with van der Waals surface area (Å²) in [5.74, 6) is 1.64. The third-order valence-electron chi connectivity index (χ3n) is 3.04. The molecule has 2 aromatic rings. The fraction of sp³-hybridized carbons (Fsp3) is 0.235. The van der Waals surface area contributed by atoms with Crippen molar-refractivity contribution in [3.8, 4) is 17.7 Å². The lowest BCUT2D eigenvalue weighted by Crippen LogP contribution is -2.30. The summed E-state index contributed by atoms with van der Waals surface area (Å²) in [6.45, 7) is 0.0840. The second-order valence-electron chi connectivity index (χ2n) is 5.42. The molecule has 0 aliphatic rings. The Morgan fingerprint density at radius 3 is 2.53 bits per heavy atom. The van der Waals surface area contributed by atoms with Crippen molar-refractivity contribution in [1.29, 1.82) is 0 Å². The summed E-state index contributed by atoms with van der Waals surface area (Å²) in [5.41, 5.74) is -0.843. The first kappa shape index (κ1) is 22.5. The highest BCUT2D eigenvalue weighted by molar-refractivity contribution is 5.97. The van der Waals surface area contributed by atoms with Crippen LogP contribution in [0.25, 0.3) is 0 Å². The van der Waals surface area contributed by atoms with Gasteiger partial charge in [0.2, 0.25) is 11.8 Å². The number of amides is 2. The zero-order valence-electron chi connectivity index (χ0n) is 15.1. The summed E-state index contributed by atoms with van der Waals surface area (Å²) in [7, 11) is 0. The highest BCUT2D eigenvalue weighted by atomic mass is 19.4. The van der Waals surface area contributed by atoms with Crippen LogP contribution >= 0.6 is 0 Å². The summed E-state index contributed by atoms with van der Waals surface area (Å²) in [5, 5.41) is 3.90. The first-order chi connectivity index (χ1) is 14.1. The largest absolute Gasteiger partial charge is 0.471 e. The number of hydrogen-bond donors (Lipinski definition) is 2. The van der Waals surface area contributed by atoms with Crippen LogP contribution in [0.3, 0.4) is 0 Å². The van der Waals surface area contributed by atoms with E-state index in [0.717, 1.165) is 6.33 Å². The van der Waals surface area contributed by atoms with Crippen molar-refractivity contribution in [1.82, 2.24) is 15.0 Å². The number of carbonyl (C=O) groups is 2. The van der Waals surface area contributed by atoms with E-state index >= 15 is 0 Å². The molecule has 0 fully saturated rings. The number of nitrogens with zero attached hydrogens (tertiary/aromatic N) is 3. The molecule has 2 N–H and O–H groups in total. The van der Waals surface area contributed by atoms with Gasteiger partial charge in [-0.05, 0) is 18.1 Å². The van der Waals surface area contributed by atoms with Gasteiger partial charge in [0.25, 0.3) is 6.43 Å². The van der Waals surface area contributed by atoms with Crippen LogP contribution in [0.4, 0.5) is 33.5 Å². The van der Waals surface area contributed by atoms with Crippen LogP contribution in [0.1, 0.15) is 18.2 Å². The number of rotatable bonds is 5. The number of anilines is 2. The Morgan fingerprint density at radius 1 is 1.17 bits per heavy atom. The second kappa shape index (κ2) is 9.59. The van der Waals surface area contributed by atoms with Crippen molar-refractivity contribution in [3.63, 3.8) is 0 Å². The van der Waals surface area contributed by atoms with E-state index in [1.54, 1.807) is 0 Å². The van der Waals surface area contributed by atoms with Gasteiger partial charge in [-0.2, -0.15) is 18.2 Å². The van der Waals surface area contributed by atoms with E-state index in [2.05, 4.69) is 36.8 Å². The Hall–Kier alpha value is -3.82. The van der Waals surface area contributed by atoms with E-state index in [4.69, 9.17) is 0 Å². The predicted molar refractivity (Wildman–Crippen MR) is 92.7 cm³/mol. The summed E-state index contributed by atoms with van der Waals surface area (Å²) in [6.07, 6.45) is -6.06. The predicted octanol–water partition coefficient (Wildman–Crippen LogP) is 2.37. The second-order valence-corrected chi connectivity index (χ2v) is 5.42. The third kappa shape index (κ3) is 6.66. The topological polar surface area (TPSA) is 106 Å². The zero-order valence-corrected chi connectivity index (χ0v) is 15.1. The maximum absolute atomic E-state index is 12.6. The lowest BCUT2D eigenvalue weighted by Gasteiger charge is -2.13. The monoisotopic (exact) mass is 429 g/mol. The molecule has 0 radical (unpaired) electrons. The summed E-state index contributed by atoms with van der Waals surface area (Å²) < 4.78 is 67.3. The van der Waals surface area contributed by atoms with Crippen LogP contribution in [-0.4, -0.2) is 46.0 Å². The first-order valence-corrected chi connectivity index (χ1v) is 7.96.